The molecule has 5 nitrogen and oxygen atoms in total. The minimum atomic E-state index is 0.536. The molecule has 0 aromatic rings. The second kappa shape index (κ2) is 23.1. The van der Waals surface area contributed by atoms with Gasteiger partial charge >= 0.3 is 0 Å². The third kappa shape index (κ3) is 10.8. The van der Waals surface area contributed by atoms with E-state index in [1.165, 1.54) is 186 Å². The van der Waals surface area contributed by atoms with Crippen molar-refractivity contribution in [3.63, 3.8) is 0 Å². The Kier molecular flexibility index (Phi) is 16.6. The first-order valence-corrected chi connectivity index (χ1v) is 32.5. The van der Waals surface area contributed by atoms with E-state index >= 15 is 0 Å². The number of nitrogens with zero attached hydrogens (tertiary/aromatic N) is 2. The van der Waals surface area contributed by atoms with Crippen molar-refractivity contribution in [2.75, 3.05) is 0 Å². The minimum absolute atomic E-state index is 0.536. The molecule has 2 aliphatic heterocycles. The van der Waals surface area contributed by atoms with Gasteiger partial charge < -0.3 is 0 Å². The van der Waals surface area contributed by atoms with Gasteiger partial charge in [0.05, 0.1) is 18.5 Å². The van der Waals surface area contributed by atoms with Crippen LogP contribution in [-0.2, 0) is 0 Å². The predicted octanol–water partition coefficient (Wildman–Crippen LogP) is 15.3. The molecule has 12 aliphatic rings. The summed E-state index contributed by atoms with van der Waals surface area (Å²) in [5, 5.41) is 12.7. The average molecular weight is 937 g/mol. The molecule has 8 atom stereocenters. The monoisotopic (exact) mass is 936 g/mol. The molecule has 0 spiro atoms. The third-order valence-corrected chi connectivity index (χ3v) is 24.7. The predicted molar refractivity (Wildman–Crippen MR) is 284 cm³/mol. The van der Waals surface area contributed by atoms with Crippen LogP contribution < -0.4 is 16.0 Å². The fourth-order valence-electron chi connectivity index (χ4n) is 21.2. The zero-order valence-electron chi connectivity index (χ0n) is 44.3. The maximum Gasteiger partial charge on any atom is 0.0624 e. The lowest BCUT2D eigenvalue weighted by Gasteiger charge is -2.49. The van der Waals surface area contributed by atoms with E-state index < -0.39 is 0 Å². The van der Waals surface area contributed by atoms with Gasteiger partial charge in [-0.05, 0) is 245 Å². The molecule has 0 radical (unpaired) electrons. The highest BCUT2D eigenvalue weighted by Gasteiger charge is 2.56. The average Bonchev–Trinajstić information content (AvgIpc) is 3.75. The Balaban J connectivity index is 0.649. The first kappa shape index (κ1) is 48.7. The number of hydrogen-bond acceptors (Lipinski definition) is 5. The summed E-state index contributed by atoms with van der Waals surface area (Å²) >= 11 is 0. The number of hydrogen-bond donors (Lipinski definition) is 3. The van der Waals surface area contributed by atoms with Crippen molar-refractivity contribution < 1.29 is 0 Å². The highest BCUT2D eigenvalue weighted by molar-refractivity contribution is 5.08. The van der Waals surface area contributed by atoms with Gasteiger partial charge in [-0.15, -0.1) is 0 Å². The van der Waals surface area contributed by atoms with E-state index in [-0.39, 0.29) is 0 Å². The van der Waals surface area contributed by atoms with Crippen molar-refractivity contribution in [3.8, 4) is 0 Å². The molecule has 5 heteroatoms. The van der Waals surface area contributed by atoms with Gasteiger partial charge in [0.15, 0.2) is 0 Å². The van der Waals surface area contributed by atoms with Crippen molar-refractivity contribution >= 4 is 0 Å². The summed E-state index contributed by atoms with van der Waals surface area (Å²) in [6.07, 6.45) is 66.9. The maximum atomic E-state index is 4.27. The quantitative estimate of drug-likeness (QED) is 0.204. The van der Waals surface area contributed by atoms with E-state index in [9.17, 15) is 0 Å². The summed E-state index contributed by atoms with van der Waals surface area (Å²) in [5.74, 6) is 10.8. The zero-order valence-corrected chi connectivity index (χ0v) is 44.3. The van der Waals surface area contributed by atoms with Crippen LogP contribution in [0, 0.1) is 65.1 Å². The van der Waals surface area contributed by atoms with Crippen molar-refractivity contribution in [1.29, 1.82) is 0 Å². The van der Waals surface area contributed by atoms with E-state index in [2.05, 4.69) is 25.8 Å². The highest BCUT2D eigenvalue weighted by Crippen LogP contribution is 2.57. The normalized spacial score (nSPS) is 45.2. The Bertz CT molecular complexity index is 1450. The second-order valence-corrected chi connectivity index (χ2v) is 28.0. The Morgan fingerprint density at radius 1 is 0.250 bits per heavy atom. The number of likely N-dealkylation sites (tertiary alicyclic amines) is 1. The molecule has 2 heterocycles. The van der Waals surface area contributed by atoms with Crippen LogP contribution in [0.1, 0.15) is 276 Å². The van der Waals surface area contributed by atoms with Crippen LogP contribution in [-0.4, -0.2) is 64.5 Å². The molecule has 12 rings (SSSR count). The zero-order chi connectivity index (χ0) is 45.2. The lowest BCUT2D eigenvalue weighted by atomic mass is 9.61. The van der Waals surface area contributed by atoms with Gasteiger partial charge in [0.2, 0.25) is 0 Å². The second-order valence-electron chi connectivity index (χ2n) is 28.0. The van der Waals surface area contributed by atoms with Gasteiger partial charge in [0.25, 0.3) is 0 Å². The molecule has 0 bridgehead atoms. The van der Waals surface area contributed by atoms with Gasteiger partial charge in [-0.1, -0.05) is 96.3 Å². The molecule has 68 heavy (non-hydrogen) atoms. The smallest absolute Gasteiger partial charge is 0.0624 e. The first-order chi connectivity index (χ1) is 33.7. The maximum absolute atomic E-state index is 4.27. The summed E-state index contributed by atoms with van der Waals surface area (Å²) in [7, 11) is 0. The summed E-state index contributed by atoms with van der Waals surface area (Å²) in [6.45, 7) is 0. The fraction of sp³-hybridized carbons (Fsp3) is 1.00. The van der Waals surface area contributed by atoms with E-state index in [1.807, 2.05) is 0 Å². The standard InChI is InChI=1S/C63H109N5/c1-6-16-48(17-7-1)61-64-62(49-18-8-2-9-19-49)66-63(65-61)50-32-30-45(31-33-50)44-26-28-46(29-27-44)51-36-40-59-57(42-51)58-43-52(37-41-60(58)68(59)55-24-14-5-15-25-55)47-34-38-56(39-35-47)67(53-20-10-3-11-21-53)54-22-12-4-13-23-54/h44-66H,1-43H2. The van der Waals surface area contributed by atoms with Crippen LogP contribution in [0.25, 0.3) is 0 Å². The summed E-state index contributed by atoms with van der Waals surface area (Å²) < 4.78 is 0. The molecule has 12 fully saturated rings. The van der Waals surface area contributed by atoms with E-state index in [4.69, 9.17) is 0 Å². The third-order valence-electron chi connectivity index (χ3n) is 24.7. The SMILES string of the molecule is C1CCC(C2NC(C3CCCCC3)NC(C3CCC(C4CCC(C5CCC6C(C5)C5CC(C7CCC(N(C8CCCCC8)C8CCCCC8)CC7)CCC5N6C5CCCCC5)CC4)CC3)N2)CC1. The van der Waals surface area contributed by atoms with Gasteiger partial charge in [-0.3, -0.25) is 25.8 Å². The van der Waals surface area contributed by atoms with Crippen LogP contribution in [0.4, 0.5) is 0 Å². The van der Waals surface area contributed by atoms with Gasteiger partial charge in [0.1, 0.15) is 0 Å². The van der Waals surface area contributed by atoms with Gasteiger partial charge in [-0.25, -0.2) is 0 Å². The summed E-state index contributed by atoms with van der Waals surface area (Å²) in [4.78, 5) is 6.59. The molecule has 0 amide bonds. The van der Waals surface area contributed by atoms with Crippen molar-refractivity contribution in [1.82, 2.24) is 25.8 Å². The number of rotatable bonds is 10. The van der Waals surface area contributed by atoms with Crippen LogP contribution in [0.5, 0.6) is 0 Å². The van der Waals surface area contributed by atoms with Crippen LogP contribution in [0.3, 0.4) is 0 Å². The van der Waals surface area contributed by atoms with Crippen LogP contribution in [0.15, 0.2) is 0 Å². The minimum Gasteiger partial charge on any atom is -0.294 e. The first-order valence-electron chi connectivity index (χ1n) is 32.5. The van der Waals surface area contributed by atoms with Crippen molar-refractivity contribution in [2.24, 2.45) is 65.1 Å². The lowest BCUT2D eigenvalue weighted by molar-refractivity contribution is 0.00346. The molecular weight excluding hydrogens is 827 g/mol. The lowest BCUT2D eigenvalue weighted by Crippen LogP contribution is -2.72. The molecule has 10 aliphatic carbocycles. The number of nitrogens with one attached hydrogen (secondary N) is 3. The van der Waals surface area contributed by atoms with Gasteiger partial charge in [-0.2, -0.15) is 0 Å². The van der Waals surface area contributed by atoms with Crippen molar-refractivity contribution in [2.45, 2.75) is 331 Å². The molecule has 3 N–H and O–H groups in total. The Morgan fingerprint density at radius 3 is 0.956 bits per heavy atom. The molecular formula is C63H109N5. The largest absolute Gasteiger partial charge is 0.294 e. The summed E-state index contributed by atoms with van der Waals surface area (Å²) in [5.41, 5.74) is 0. The van der Waals surface area contributed by atoms with Crippen LogP contribution >= 0.6 is 0 Å². The molecule has 8 unspecified atom stereocenters. The topological polar surface area (TPSA) is 42.6 Å². The van der Waals surface area contributed by atoms with Crippen LogP contribution in [0.2, 0.25) is 0 Å². The fourth-order valence-corrected chi connectivity index (χ4v) is 21.2. The summed E-state index contributed by atoms with van der Waals surface area (Å²) in [6, 6.07) is 5.61. The number of fused-ring (bicyclic) bond motifs is 3. The molecule has 0 aromatic heterocycles. The van der Waals surface area contributed by atoms with E-state index in [1.54, 1.807) is 89.9 Å². The highest BCUT2D eigenvalue weighted by atomic mass is 15.4. The molecule has 10 saturated carbocycles. The molecule has 2 saturated heterocycles. The molecule has 0 aromatic carbocycles. The van der Waals surface area contributed by atoms with E-state index in [0.717, 1.165) is 101 Å². The van der Waals surface area contributed by atoms with E-state index in [0.29, 0.717) is 18.5 Å². The molecule has 386 valence electrons. The Hall–Kier alpha value is -0.200. The Morgan fingerprint density at radius 2 is 0.544 bits per heavy atom. The van der Waals surface area contributed by atoms with Gasteiger partial charge in [0, 0.05) is 36.3 Å². The Labute approximate surface area is 419 Å². The van der Waals surface area contributed by atoms with Crippen molar-refractivity contribution in [3.05, 3.63) is 0 Å².